The molecule has 0 aliphatic carbocycles. The summed E-state index contributed by atoms with van der Waals surface area (Å²) in [5.41, 5.74) is 0. The van der Waals surface area contributed by atoms with E-state index >= 15 is 0 Å². The number of methoxy groups -OCH3 is 1. The van der Waals surface area contributed by atoms with Crippen molar-refractivity contribution in [1.82, 2.24) is 0 Å². The van der Waals surface area contributed by atoms with Crippen molar-refractivity contribution in [3.8, 4) is 0 Å². The van der Waals surface area contributed by atoms with E-state index in [2.05, 4.69) is 4.74 Å². The Labute approximate surface area is 59.6 Å². The number of ether oxygens (including phenoxy) is 2. The van der Waals surface area contributed by atoms with E-state index in [0.29, 0.717) is 0 Å². The lowest BCUT2D eigenvalue weighted by Gasteiger charge is -1.86. The van der Waals surface area contributed by atoms with E-state index in [4.69, 9.17) is 4.74 Å². The van der Waals surface area contributed by atoms with Gasteiger partial charge in [0.2, 0.25) is 0 Å². The third-order valence-corrected chi connectivity index (χ3v) is 1.38. The van der Waals surface area contributed by atoms with E-state index in [1.54, 1.807) is 6.08 Å². The first-order chi connectivity index (χ1) is 4.74. The van der Waals surface area contributed by atoms with Crippen molar-refractivity contribution in [3.63, 3.8) is 0 Å². The first-order valence-corrected chi connectivity index (χ1v) is 3.15. The fourth-order valence-electron chi connectivity index (χ4n) is 0.646. The Morgan fingerprint density at radius 3 is 2.70 bits per heavy atom. The van der Waals surface area contributed by atoms with E-state index in [1.807, 2.05) is 6.92 Å². The summed E-state index contributed by atoms with van der Waals surface area (Å²) in [5, 5.41) is 0. The Hall–Kier alpha value is -0.830. The zero-order chi connectivity index (χ0) is 7.56. The number of carbonyl (C=O) groups excluding carboxylic acids is 1. The van der Waals surface area contributed by atoms with Gasteiger partial charge in [0.15, 0.2) is 0 Å². The maximum Gasteiger partial charge on any atom is 0.330 e. The van der Waals surface area contributed by atoms with Crippen LogP contribution in [0.15, 0.2) is 12.2 Å². The molecule has 0 amide bonds. The largest absolute Gasteiger partial charge is 0.466 e. The summed E-state index contributed by atoms with van der Waals surface area (Å²) in [6, 6.07) is 0. The van der Waals surface area contributed by atoms with Crippen molar-refractivity contribution in [2.45, 2.75) is 19.1 Å². The van der Waals surface area contributed by atoms with Gasteiger partial charge in [0, 0.05) is 6.08 Å². The highest BCUT2D eigenvalue weighted by atomic mass is 16.6. The van der Waals surface area contributed by atoms with Crippen LogP contribution < -0.4 is 0 Å². The molecular weight excluding hydrogens is 132 g/mol. The van der Waals surface area contributed by atoms with Crippen molar-refractivity contribution < 1.29 is 14.3 Å². The number of epoxide rings is 1. The molecule has 1 aliphatic rings. The third kappa shape index (κ3) is 1.84. The smallest absolute Gasteiger partial charge is 0.330 e. The summed E-state index contributed by atoms with van der Waals surface area (Å²) in [6.45, 7) is 1.95. The van der Waals surface area contributed by atoms with E-state index in [0.717, 1.165) is 0 Å². The molecule has 1 saturated heterocycles. The van der Waals surface area contributed by atoms with Gasteiger partial charge in [-0.25, -0.2) is 4.79 Å². The van der Waals surface area contributed by atoms with Gasteiger partial charge in [-0.1, -0.05) is 0 Å². The normalized spacial score (nSPS) is 30.6. The Bertz CT molecular complexity index is 162. The Morgan fingerprint density at radius 2 is 2.30 bits per heavy atom. The predicted molar refractivity (Wildman–Crippen MR) is 35.5 cm³/mol. The maximum atomic E-state index is 10.5. The van der Waals surface area contributed by atoms with Gasteiger partial charge in [-0.3, -0.25) is 0 Å². The monoisotopic (exact) mass is 142 g/mol. The highest BCUT2D eigenvalue weighted by Crippen LogP contribution is 2.21. The highest BCUT2D eigenvalue weighted by Gasteiger charge is 2.31. The quantitative estimate of drug-likeness (QED) is 0.320. The molecule has 1 heterocycles. The van der Waals surface area contributed by atoms with E-state index < -0.39 is 0 Å². The lowest BCUT2D eigenvalue weighted by Crippen LogP contribution is -1.95. The van der Waals surface area contributed by atoms with Gasteiger partial charge in [0.05, 0.1) is 13.2 Å². The standard InChI is InChI=1S/C7H10O3/c1-5-6(10-5)3-4-7(8)9-2/h3-6H,1-2H3/b4-3+/t5-,6+/m1/s1. The second kappa shape index (κ2) is 2.84. The molecular formula is C7H10O3. The van der Waals surface area contributed by atoms with Crippen molar-refractivity contribution in [2.75, 3.05) is 7.11 Å². The second-order valence-corrected chi connectivity index (χ2v) is 2.19. The highest BCUT2D eigenvalue weighted by molar-refractivity contribution is 5.81. The summed E-state index contributed by atoms with van der Waals surface area (Å²) in [7, 11) is 1.35. The van der Waals surface area contributed by atoms with Gasteiger partial charge < -0.3 is 9.47 Å². The average Bonchev–Trinajstić information content (AvgIpc) is 2.61. The minimum atomic E-state index is -0.331. The van der Waals surface area contributed by atoms with E-state index in [-0.39, 0.29) is 18.2 Å². The van der Waals surface area contributed by atoms with Crippen LogP contribution in [0.2, 0.25) is 0 Å². The molecule has 2 atom stereocenters. The topological polar surface area (TPSA) is 38.8 Å². The van der Waals surface area contributed by atoms with Crippen LogP contribution in [-0.2, 0) is 14.3 Å². The molecule has 0 saturated carbocycles. The number of hydrogen-bond acceptors (Lipinski definition) is 3. The second-order valence-electron chi connectivity index (χ2n) is 2.19. The van der Waals surface area contributed by atoms with Gasteiger partial charge in [0.1, 0.15) is 6.10 Å². The van der Waals surface area contributed by atoms with Crippen LogP contribution in [0.5, 0.6) is 0 Å². The lowest BCUT2D eigenvalue weighted by molar-refractivity contribution is -0.134. The first-order valence-electron chi connectivity index (χ1n) is 3.15. The minimum Gasteiger partial charge on any atom is -0.466 e. The molecule has 0 aromatic heterocycles. The lowest BCUT2D eigenvalue weighted by atomic mass is 10.3. The van der Waals surface area contributed by atoms with Crippen molar-refractivity contribution in [1.29, 1.82) is 0 Å². The van der Waals surface area contributed by atoms with Gasteiger partial charge in [-0.05, 0) is 13.0 Å². The fourth-order valence-corrected chi connectivity index (χ4v) is 0.646. The summed E-state index contributed by atoms with van der Waals surface area (Å²) in [6.07, 6.45) is 3.48. The summed E-state index contributed by atoms with van der Waals surface area (Å²) in [5.74, 6) is -0.331. The molecule has 56 valence electrons. The summed E-state index contributed by atoms with van der Waals surface area (Å²) in [4.78, 5) is 10.5. The summed E-state index contributed by atoms with van der Waals surface area (Å²) >= 11 is 0. The Morgan fingerprint density at radius 1 is 1.70 bits per heavy atom. The van der Waals surface area contributed by atoms with Crippen LogP contribution in [0, 0.1) is 0 Å². The predicted octanol–water partition coefficient (Wildman–Crippen LogP) is 0.503. The molecule has 1 fully saturated rings. The fraction of sp³-hybridized carbons (Fsp3) is 0.571. The first kappa shape index (κ1) is 7.28. The Kier molecular flexibility index (Phi) is 2.06. The van der Waals surface area contributed by atoms with Crippen molar-refractivity contribution in [2.24, 2.45) is 0 Å². The van der Waals surface area contributed by atoms with Gasteiger partial charge in [-0.2, -0.15) is 0 Å². The third-order valence-electron chi connectivity index (χ3n) is 1.38. The molecule has 0 radical (unpaired) electrons. The molecule has 0 unspecified atom stereocenters. The van der Waals surface area contributed by atoms with Crippen LogP contribution >= 0.6 is 0 Å². The maximum absolute atomic E-state index is 10.5. The van der Waals surface area contributed by atoms with Crippen LogP contribution in [0.25, 0.3) is 0 Å². The van der Waals surface area contributed by atoms with Crippen LogP contribution in [0.4, 0.5) is 0 Å². The molecule has 0 aromatic rings. The molecule has 1 rings (SSSR count). The van der Waals surface area contributed by atoms with Crippen molar-refractivity contribution in [3.05, 3.63) is 12.2 Å². The number of hydrogen-bond donors (Lipinski definition) is 0. The molecule has 0 bridgehead atoms. The SMILES string of the molecule is COC(=O)/C=C/[C@@H]1O[C@@H]1C. The zero-order valence-electron chi connectivity index (χ0n) is 6.03. The molecule has 10 heavy (non-hydrogen) atoms. The molecule has 0 N–H and O–H groups in total. The molecule has 0 spiro atoms. The molecule has 0 aromatic carbocycles. The Balaban J connectivity index is 2.23. The van der Waals surface area contributed by atoms with Gasteiger partial charge in [-0.15, -0.1) is 0 Å². The van der Waals surface area contributed by atoms with Crippen LogP contribution in [0.3, 0.4) is 0 Å². The molecule has 1 aliphatic heterocycles. The number of rotatable bonds is 2. The van der Waals surface area contributed by atoms with Crippen LogP contribution in [0.1, 0.15) is 6.92 Å². The summed E-state index contributed by atoms with van der Waals surface area (Å²) < 4.78 is 9.40. The van der Waals surface area contributed by atoms with Gasteiger partial charge in [0.25, 0.3) is 0 Å². The van der Waals surface area contributed by atoms with E-state index in [9.17, 15) is 4.79 Å². The average molecular weight is 142 g/mol. The number of esters is 1. The zero-order valence-corrected chi connectivity index (χ0v) is 6.03. The van der Waals surface area contributed by atoms with Gasteiger partial charge >= 0.3 is 5.97 Å². The number of carbonyl (C=O) groups is 1. The minimum absolute atomic E-state index is 0.124. The molecule has 3 nitrogen and oxygen atoms in total. The van der Waals surface area contributed by atoms with E-state index in [1.165, 1.54) is 13.2 Å². The van der Waals surface area contributed by atoms with Crippen LogP contribution in [-0.4, -0.2) is 25.3 Å². The molecule has 3 heteroatoms. The van der Waals surface area contributed by atoms with Crippen molar-refractivity contribution >= 4 is 5.97 Å².